The molecule has 3 heterocycles. The molecule has 0 saturated carbocycles. The molecule has 2 aliphatic heterocycles. The second-order valence-electron chi connectivity index (χ2n) is 8.65. The van der Waals surface area contributed by atoms with Crippen LogP contribution in [-0.4, -0.2) is 55.8 Å². The largest absolute Gasteiger partial charge is 0.356 e. The van der Waals surface area contributed by atoms with Crippen molar-refractivity contribution in [2.45, 2.75) is 36.2 Å². The SMILES string of the molecule is O=C(CCl)N1CCc2c([nH]c3ccccc23)[C@H]1c1ccc(S(=O)(=O)NC2CCNCC2)cc1. The molecule has 1 atom stereocenters. The summed E-state index contributed by atoms with van der Waals surface area (Å²) in [6.07, 6.45) is 2.29. The summed E-state index contributed by atoms with van der Waals surface area (Å²) in [7, 11) is -3.61. The fourth-order valence-electron chi connectivity index (χ4n) is 4.99. The van der Waals surface area contributed by atoms with Crippen LogP contribution in [0.1, 0.15) is 35.7 Å². The lowest BCUT2D eigenvalue weighted by atomic mass is 9.92. The Bertz CT molecular complexity index is 1270. The van der Waals surface area contributed by atoms with Crippen molar-refractivity contribution in [3.63, 3.8) is 0 Å². The lowest BCUT2D eigenvalue weighted by Gasteiger charge is -2.36. The van der Waals surface area contributed by atoms with E-state index >= 15 is 0 Å². The lowest BCUT2D eigenvalue weighted by Crippen LogP contribution is -2.42. The average Bonchev–Trinajstić information content (AvgIpc) is 3.22. The predicted molar refractivity (Wildman–Crippen MR) is 129 cm³/mol. The molecule has 9 heteroatoms. The standard InChI is InChI=1S/C24H27ClN4O3S/c25-15-22(30)29-14-11-20-19-3-1-2-4-21(19)27-23(20)24(29)16-5-7-18(8-6-16)33(31,32)28-17-9-12-26-13-10-17/h1-8,17,24,26-28H,9-15H2/t24-/m1/s1. The number of aromatic nitrogens is 1. The van der Waals surface area contributed by atoms with Gasteiger partial charge in [0.15, 0.2) is 0 Å². The number of fused-ring (bicyclic) bond motifs is 3. The summed E-state index contributed by atoms with van der Waals surface area (Å²) in [5.41, 5.74) is 4.03. The number of nitrogens with one attached hydrogen (secondary N) is 3. The number of aromatic amines is 1. The Labute approximate surface area is 198 Å². The minimum atomic E-state index is -3.61. The van der Waals surface area contributed by atoms with E-state index in [4.69, 9.17) is 11.6 Å². The summed E-state index contributed by atoms with van der Waals surface area (Å²) in [5, 5.41) is 4.39. The number of para-hydroxylation sites is 1. The molecular weight excluding hydrogens is 460 g/mol. The Morgan fingerprint density at radius 1 is 1.09 bits per heavy atom. The zero-order chi connectivity index (χ0) is 23.0. The van der Waals surface area contributed by atoms with Gasteiger partial charge in [-0.3, -0.25) is 4.79 Å². The van der Waals surface area contributed by atoms with Gasteiger partial charge in [-0.1, -0.05) is 30.3 Å². The van der Waals surface area contributed by atoms with E-state index in [1.165, 1.54) is 5.56 Å². The van der Waals surface area contributed by atoms with E-state index in [-0.39, 0.29) is 28.8 Å². The van der Waals surface area contributed by atoms with Gasteiger partial charge in [0, 0.05) is 29.2 Å². The van der Waals surface area contributed by atoms with Gasteiger partial charge < -0.3 is 15.2 Å². The van der Waals surface area contributed by atoms with Crippen LogP contribution in [0.25, 0.3) is 10.9 Å². The topological polar surface area (TPSA) is 94.3 Å². The van der Waals surface area contributed by atoms with Gasteiger partial charge in [0.25, 0.3) is 0 Å². The molecule has 1 amide bonds. The van der Waals surface area contributed by atoms with Crippen molar-refractivity contribution in [3.8, 4) is 0 Å². The van der Waals surface area contributed by atoms with Crippen LogP contribution >= 0.6 is 11.6 Å². The van der Waals surface area contributed by atoms with E-state index in [0.29, 0.717) is 6.54 Å². The highest BCUT2D eigenvalue weighted by molar-refractivity contribution is 7.89. The van der Waals surface area contributed by atoms with E-state index in [2.05, 4.69) is 21.1 Å². The van der Waals surface area contributed by atoms with Crippen LogP contribution in [0, 0.1) is 0 Å². The molecule has 1 aromatic heterocycles. The summed E-state index contributed by atoms with van der Waals surface area (Å²) in [4.78, 5) is 18.2. The summed E-state index contributed by atoms with van der Waals surface area (Å²) in [6, 6.07) is 14.6. The van der Waals surface area contributed by atoms with E-state index in [0.717, 1.165) is 54.5 Å². The van der Waals surface area contributed by atoms with Crippen LogP contribution in [-0.2, 0) is 21.2 Å². The number of carbonyl (C=O) groups excluding carboxylic acids is 1. The molecule has 0 radical (unpaired) electrons. The van der Waals surface area contributed by atoms with E-state index in [9.17, 15) is 13.2 Å². The Balaban J connectivity index is 1.49. The molecule has 7 nitrogen and oxygen atoms in total. The fraction of sp³-hybridized carbons (Fsp3) is 0.375. The smallest absolute Gasteiger partial charge is 0.240 e. The first kappa shape index (κ1) is 22.4. The number of alkyl halides is 1. The van der Waals surface area contributed by atoms with Crippen LogP contribution in [0.4, 0.5) is 0 Å². The van der Waals surface area contributed by atoms with Crippen LogP contribution in [0.5, 0.6) is 0 Å². The van der Waals surface area contributed by atoms with Crippen molar-refractivity contribution in [1.29, 1.82) is 0 Å². The molecule has 5 rings (SSSR count). The predicted octanol–water partition coefficient (Wildman–Crippen LogP) is 2.91. The zero-order valence-electron chi connectivity index (χ0n) is 18.2. The van der Waals surface area contributed by atoms with Crippen molar-refractivity contribution in [2.75, 3.05) is 25.5 Å². The summed E-state index contributed by atoms with van der Waals surface area (Å²) >= 11 is 5.93. The zero-order valence-corrected chi connectivity index (χ0v) is 19.8. The fourth-order valence-corrected chi connectivity index (χ4v) is 6.45. The number of benzene rings is 2. The van der Waals surface area contributed by atoms with Gasteiger partial charge in [-0.15, -0.1) is 11.6 Å². The molecule has 33 heavy (non-hydrogen) atoms. The van der Waals surface area contributed by atoms with Crippen molar-refractivity contribution in [3.05, 3.63) is 65.4 Å². The number of hydrogen-bond acceptors (Lipinski definition) is 4. The number of halogens is 1. The van der Waals surface area contributed by atoms with Gasteiger partial charge in [-0.2, -0.15) is 0 Å². The molecule has 2 aliphatic rings. The van der Waals surface area contributed by atoms with Crippen LogP contribution in [0.2, 0.25) is 0 Å². The third kappa shape index (κ3) is 4.28. The Hall–Kier alpha value is -2.39. The summed E-state index contributed by atoms with van der Waals surface area (Å²) in [6.45, 7) is 2.18. The van der Waals surface area contributed by atoms with Gasteiger partial charge in [0.2, 0.25) is 15.9 Å². The summed E-state index contributed by atoms with van der Waals surface area (Å²) < 4.78 is 28.6. The van der Waals surface area contributed by atoms with Gasteiger partial charge in [0.1, 0.15) is 5.88 Å². The van der Waals surface area contributed by atoms with Gasteiger partial charge in [-0.25, -0.2) is 13.1 Å². The normalized spacial score (nSPS) is 19.5. The molecule has 0 spiro atoms. The van der Waals surface area contributed by atoms with Gasteiger partial charge in [-0.05, 0) is 61.7 Å². The first-order valence-corrected chi connectivity index (χ1v) is 13.3. The third-order valence-corrected chi connectivity index (χ3v) is 8.40. The molecule has 0 aliphatic carbocycles. The van der Waals surface area contributed by atoms with Crippen molar-refractivity contribution < 1.29 is 13.2 Å². The monoisotopic (exact) mass is 486 g/mol. The molecule has 0 bridgehead atoms. The van der Waals surface area contributed by atoms with E-state index < -0.39 is 10.0 Å². The number of piperidine rings is 1. The number of sulfonamides is 1. The maximum Gasteiger partial charge on any atom is 0.240 e. The lowest BCUT2D eigenvalue weighted by molar-refractivity contribution is -0.130. The molecule has 0 unspecified atom stereocenters. The molecule has 2 aromatic carbocycles. The number of carbonyl (C=O) groups is 1. The minimum absolute atomic E-state index is 0.0555. The highest BCUT2D eigenvalue weighted by atomic mass is 35.5. The highest BCUT2D eigenvalue weighted by Gasteiger charge is 2.34. The van der Waals surface area contributed by atoms with Crippen LogP contribution in [0.15, 0.2) is 53.4 Å². The minimum Gasteiger partial charge on any atom is -0.356 e. The average molecular weight is 487 g/mol. The molecule has 174 valence electrons. The maximum atomic E-state index is 12.9. The first-order valence-electron chi connectivity index (χ1n) is 11.3. The Kier molecular flexibility index (Phi) is 6.18. The van der Waals surface area contributed by atoms with E-state index in [1.54, 1.807) is 29.2 Å². The molecular formula is C24H27ClN4O3S. The first-order chi connectivity index (χ1) is 16.0. The van der Waals surface area contributed by atoms with Crippen LogP contribution < -0.4 is 10.0 Å². The molecule has 1 fully saturated rings. The Morgan fingerprint density at radius 2 is 1.82 bits per heavy atom. The second-order valence-corrected chi connectivity index (χ2v) is 10.6. The third-order valence-electron chi connectivity index (χ3n) is 6.64. The maximum absolute atomic E-state index is 12.9. The Morgan fingerprint density at radius 3 is 2.55 bits per heavy atom. The molecule has 3 N–H and O–H groups in total. The van der Waals surface area contributed by atoms with Gasteiger partial charge in [0.05, 0.1) is 10.9 Å². The molecule has 3 aromatic rings. The van der Waals surface area contributed by atoms with Gasteiger partial charge >= 0.3 is 0 Å². The number of amides is 1. The van der Waals surface area contributed by atoms with E-state index in [1.807, 2.05) is 18.2 Å². The quantitative estimate of drug-likeness (QED) is 0.483. The van der Waals surface area contributed by atoms with Crippen molar-refractivity contribution >= 4 is 38.4 Å². The summed E-state index contributed by atoms with van der Waals surface area (Å²) in [5.74, 6) is -0.242. The number of nitrogens with zero attached hydrogens (tertiary/aromatic N) is 1. The van der Waals surface area contributed by atoms with Crippen molar-refractivity contribution in [1.82, 2.24) is 19.9 Å². The van der Waals surface area contributed by atoms with Crippen LogP contribution in [0.3, 0.4) is 0 Å². The highest BCUT2D eigenvalue weighted by Crippen LogP contribution is 2.38. The van der Waals surface area contributed by atoms with Crippen molar-refractivity contribution in [2.24, 2.45) is 0 Å². The number of H-pyrrole nitrogens is 1. The number of hydrogen-bond donors (Lipinski definition) is 3. The molecule has 1 saturated heterocycles. The number of rotatable bonds is 5. The second kappa shape index (κ2) is 9.10.